The quantitative estimate of drug-likeness (QED) is 0.797. The molecule has 2 atom stereocenters. The fraction of sp³-hybridized carbons (Fsp3) is 0.278. The zero-order valence-electron chi connectivity index (χ0n) is 12.9. The average molecular weight is 334 g/mol. The Morgan fingerprint density at radius 3 is 2.52 bits per heavy atom. The third kappa shape index (κ3) is 5.06. The first-order valence-electron chi connectivity index (χ1n) is 7.36. The highest BCUT2D eigenvalue weighted by molar-refractivity contribution is 6.30. The van der Waals surface area contributed by atoms with Gasteiger partial charge in [-0.1, -0.05) is 48.0 Å². The minimum atomic E-state index is -1.18. The monoisotopic (exact) mass is 333 g/mol. The lowest BCUT2D eigenvalue weighted by molar-refractivity contribution is -0.150. The number of rotatable bonds is 6. The van der Waals surface area contributed by atoms with Gasteiger partial charge in [0.25, 0.3) is 0 Å². The van der Waals surface area contributed by atoms with Crippen LogP contribution in [0.15, 0.2) is 48.5 Å². The van der Waals surface area contributed by atoms with Crippen molar-refractivity contribution in [3.05, 3.63) is 59.1 Å². The summed E-state index contributed by atoms with van der Waals surface area (Å²) in [7, 11) is 1.24. The smallest absolute Gasteiger partial charge is 0.334 e. The Labute approximate surface area is 140 Å². The van der Waals surface area contributed by atoms with Gasteiger partial charge in [0, 0.05) is 11.1 Å². The molecule has 23 heavy (non-hydrogen) atoms. The highest BCUT2D eigenvalue weighted by atomic mass is 35.5. The van der Waals surface area contributed by atoms with Crippen LogP contribution in [0.4, 0.5) is 0 Å². The predicted octanol–water partition coefficient (Wildman–Crippen LogP) is 2.80. The van der Waals surface area contributed by atoms with Crippen molar-refractivity contribution in [1.82, 2.24) is 0 Å². The average Bonchev–Trinajstić information content (AvgIpc) is 2.54. The summed E-state index contributed by atoms with van der Waals surface area (Å²) in [4.78, 5) is 11.2. The van der Waals surface area contributed by atoms with Crippen LogP contribution in [0, 0.1) is 0 Å². The largest absolute Gasteiger partial charge is 0.467 e. The van der Waals surface area contributed by atoms with Crippen LogP contribution in [-0.2, 0) is 16.0 Å². The molecule has 0 heterocycles. The van der Waals surface area contributed by atoms with Crippen molar-refractivity contribution < 1.29 is 14.6 Å². The molecule has 2 aromatic carbocycles. The fourth-order valence-corrected chi connectivity index (χ4v) is 2.60. The van der Waals surface area contributed by atoms with E-state index in [0.29, 0.717) is 11.4 Å². The van der Waals surface area contributed by atoms with Crippen LogP contribution in [0.25, 0.3) is 11.1 Å². The minimum absolute atomic E-state index is 0.169. The van der Waals surface area contributed by atoms with Crippen LogP contribution in [0.3, 0.4) is 0 Å². The molecule has 0 amide bonds. The van der Waals surface area contributed by atoms with Crippen LogP contribution in [0.1, 0.15) is 12.0 Å². The molecule has 0 saturated carbocycles. The van der Waals surface area contributed by atoms with Gasteiger partial charge >= 0.3 is 5.97 Å². The van der Waals surface area contributed by atoms with E-state index in [1.165, 1.54) is 7.11 Å². The Hall–Kier alpha value is -1.88. The number of aliphatic hydroxyl groups is 1. The van der Waals surface area contributed by atoms with E-state index < -0.39 is 12.1 Å². The molecule has 0 aromatic heterocycles. The topological polar surface area (TPSA) is 72.5 Å². The van der Waals surface area contributed by atoms with Crippen molar-refractivity contribution in [3.8, 4) is 11.1 Å². The van der Waals surface area contributed by atoms with E-state index >= 15 is 0 Å². The molecule has 2 aromatic rings. The van der Waals surface area contributed by atoms with Gasteiger partial charge in [0.05, 0.1) is 7.11 Å². The highest BCUT2D eigenvalue weighted by Gasteiger charge is 2.19. The number of ether oxygens (including phenoxy) is 1. The van der Waals surface area contributed by atoms with Gasteiger partial charge < -0.3 is 15.6 Å². The first-order chi connectivity index (χ1) is 11.0. The van der Waals surface area contributed by atoms with Crippen LogP contribution in [0.5, 0.6) is 0 Å². The molecular formula is C18H20ClNO3. The Kier molecular flexibility index (Phi) is 6.16. The number of benzene rings is 2. The number of hydrogen-bond acceptors (Lipinski definition) is 4. The summed E-state index contributed by atoms with van der Waals surface area (Å²) in [5.74, 6) is -0.656. The molecule has 0 aliphatic rings. The summed E-state index contributed by atoms with van der Waals surface area (Å²) >= 11 is 6.00. The molecule has 0 spiro atoms. The maximum atomic E-state index is 11.2. The Balaban J connectivity index is 1.98. The zero-order chi connectivity index (χ0) is 16.8. The first kappa shape index (κ1) is 17.5. The molecule has 2 rings (SSSR count). The van der Waals surface area contributed by atoms with Crippen molar-refractivity contribution in [2.24, 2.45) is 5.73 Å². The van der Waals surface area contributed by atoms with Gasteiger partial charge in [-0.2, -0.15) is 0 Å². The van der Waals surface area contributed by atoms with Crippen molar-refractivity contribution in [2.45, 2.75) is 25.0 Å². The number of methoxy groups -OCH3 is 1. The van der Waals surface area contributed by atoms with E-state index in [0.717, 1.165) is 16.7 Å². The highest BCUT2D eigenvalue weighted by Crippen LogP contribution is 2.23. The predicted molar refractivity (Wildman–Crippen MR) is 91.2 cm³/mol. The summed E-state index contributed by atoms with van der Waals surface area (Å²) in [5.41, 5.74) is 9.14. The summed E-state index contributed by atoms with van der Waals surface area (Å²) in [6, 6.07) is 15.3. The summed E-state index contributed by atoms with van der Waals surface area (Å²) in [5, 5.41) is 10.3. The van der Waals surface area contributed by atoms with Gasteiger partial charge in [-0.05, 0) is 41.7 Å². The maximum absolute atomic E-state index is 11.2. The zero-order valence-corrected chi connectivity index (χ0v) is 13.7. The molecule has 0 aliphatic heterocycles. The lowest BCUT2D eigenvalue weighted by Crippen LogP contribution is -2.33. The molecule has 4 nitrogen and oxygen atoms in total. The van der Waals surface area contributed by atoms with Crippen LogP contribution in [0.2, 0.25) is 5.02 Å². The second kappa shape index (κ2) is 8.11. The summed E-state index contributed by atoms with van der Waals surface area (Å²) < 4.78 is 4.48. The molecule has 3 N–H and O–H groups in total. The number of halogens is 1. The second-order valence-corrected chi connectivity index (χ2v) is 5.88. The van der Waals surface area contributed by atoms with Crippen molar-refractivity contribution >= 4 is 17.6 Å². The van der Waals surface area contributed by atoms with Crippen LogP contribution >= 0.6 is 11.6 Å². The van der Waals surface area contributed by atoms with Gasteiger partial charge in [0.15, 0.2) is 6.10 Å². The number of carbonyl (C=O) groups is 1. The van der Waals surface area contributed by atoms with Gasteiger partial charge in [0.1, 0.15) is 0 Å². The Bertz CT molecular complexity index is 658. The Morgan fingerprint density at radius 2 is 1.91 bits per heavy atom. The van der Waals surface area contributed by atoms with Gasteiger partial charge in [-0.15, -0.1) is 0 Å². The minimum Gasteiger partial charge on any atom is -0.467 e. The van der Waals surface area contributed by atoms with Crippen LogP contribution < -0.4 is 5.73 Å². The molecule has 0 aliphatic carbocycles. The summed E-state index contributed by atoms with van der Waals surface area (Å²) in [6.07, 6.45) is -0.437. The SMILES string of the molecule is COC(=O)[C@H](O)C[C@H](N)Cc1ccc(-c2cccc(Cl)c2)cc1. The molecular weight excluding hydrogens is 314 g/mol. The second-order valence-electron chi connectivity index (χ2n) is 5.45. The van der Waals surface area contributed by atoms with E-state index in [4.69, 9.17) is 17.3 Å². The van der Waals surface area contributed by atoms with E-state index in [2.05, 4.69) is 4.74 Å². The molecule has 122 valence electrons. The fourth-order valence-electron chi connectivity index (χ4n) is 2.41. The Morgan fingerprint density at radius 1 is 1.22 bits per heavy atom. The van der Waals surface area contributed by atoms with Crippen molar-refractivity contribution in [3.63, 3.8) is 0 Å². The van der Waals surface area contributed by atoms with Crippen molar-refractivity contribution in [2.75, 3.05) is 7.11 Å². The number of nitrogens with two attached hydrogens (primary N) is 1. The van der Waals surface area contributed by atoms with E-state index in [-0.39, 0.29) is 12.5 Å². The molecule has 0 radical (unpaired) electrons. The molecule has 0 saturated heterocycles. The van der Waals surface area contributed by atoms with Gasteiger partial charge in [-0.25, -0.2) is 4.79 Å². The standard InChI is InChI=1S/C18H20ClNO3/c1-23-18(22)17(21)11-16(20)9-12-5-7-13(8-6-12)14-3-2-4-15(19)10-14/h2-8,10,16-17,21H,9,11,20H2,1H3/t16-,17-/m1/s1. The van der Waals surface area contributed by atoms with Gasteiger partial charge in [-0.3, -0.25) is 0 Å². The number of aliphatic hydroxyl groups excluding tert-OH is 1. The molecule has 5 heteroatoms. The van der Waals surface area contributed by atoms with Gasteiger partial charge in [0.2, 0.25) is 0 Å². The first-order valence-corrected chi connectivity index (χ1v) is 7.73. The number of esters is 1. The third-order valence-electron chi connectivity index (χ3n) is 3.61. The summed E-state index contributed by atoms with van der Waals surface area (Å²) in [6.45, 7) is 0. The van der Waals surface area contributed by atoms with Crippen molar-refractivity contribution in [1.29, 1.82) is 0 Å². The third-order valence-corrected chi connectivity index (χ3v) is 3.84. The van der Waals surface area contributed by atoms with Crippen LogP contribution in [-0.4, -0.2) is 30.3 Å². The van der Waals surface area contributed by atoms with E-state index in [1.54, 1.807) is 0 Å². The lowest BCUT2D eigenvalue weighted by atomic mass is 9.98. The normalized spacial score (nSPS) is 13.4. The number of hydrogen-bond donors (Lipinski definition) is 2. The lowest BCUT2D eigenvalue weighted by Gasteiger charge is -2.15. The van der Waals surface area contributed by atoms with E-state index in [1.807, 2.05) is 48.5 Å². The molecule has 0 unspecified atom stereocenters. The molecule has 0 bridgehead atoms. The number of carbonyl (C=O) groups excluding carboxylic acids is 1. The van der Waals surface area contributed by atoms with E-state index in [9.17, 15) is 9.90 Å². The maximum Gasteiger partial charge on any atom is 0.334 e. The molecule has 0 fully saturated rings.